The van der Waals surface area contributed by atoms with Gasteiger partial charge in [-0.05, 0) is 48.7 Å². The van der Waals surface area contributed by atoms with Crippen molar-refractivity contribution in [3.05, 3.63) is 77.1 Å². The molecule has 0 bridgehead atoms. The van der Waals surface area contributed by atoms with Crippen molar-refractivity contribution in [2.24, 2.45) is 0 Å². The predicted molar refractivity (Wildman–Crippen MR) is 99.3 cm³/mol. The number of nitrogens with one attached hydrogen (secondary N) is 2. The Labute approximate surface area is 152 Å². The van der Waals surface area contributed by atoms with Gasteiger partial charge in [0.05, 0.1) is 11.9 Å². The Morgan fingerprint density at radius 2 is 2.15 bits per heavy atom. The van der Waals surface area contributed by atoms with Gasteiger partial charge in [-0.25, -0.2) is 4.68 Å². The molecule has 0 saturated carbocycles. The summed E-state index contributed by atoms with van der Waals surface area (Å²) in [7, 11) is 0. The van der Waals surface area contributed by atoms with Crippen LogP contribution in [0.15, 0.2) is 54.7 Å². The lowest BCUT2D eigenvalue weighted by molar-refractivity contribution is 0.0944. The molecule has 1 aliphatic heterocycles. The van der Waals surface area contributed by atoms with E-state index in [9.17, 15) is 4.79 Å². The molecule has 1 aliphatic rings. The number of amides is 1. The maximum Gasteiger partial charge on any atom is 0.273 e. The van der Waals surface area contributed by atoms with Gasteiger partial charge >= 0.3 is 0 Å². The predicted octanol–water partition coefficient (Wildman–Crippen LogP) is 2.19. The highest BCUT2D eigenvalue weighted by Crippen LogP contribution is 2.21. The number of benzene rings is 2. The lowest BCUT2D eigenvalue weighted by atomic mass is 9.94. The van der Waals surface area contributed by atoms with Crippen LogP contribution in [0.3, 0.4) is 0 Å². The summed E-state index contributed by atoms with van der Waals surface area (Å²) in [6.45, 7) is 3.46. The van der Waals surface area contributed by atoms with E-state index in [4.69, 9.17) is 0 Å². The Bertz CT molecular complexity index is 933. The van der Waals surface area contributed by atoms with Crippen LogP contribution < -0.4 is 10.6 Å². The van der Waals surface area contributed by atoms with Gasteiger partial charge in [0.2, 0.25) is 0 Å². The van der Waals surface area contributed by atoms with E-state index in [1.54, 1.807) is 10.9 Å². The third-order valence-electron chi connectivity index (χ3n) is 4.67. The van der Waals surface area contributed by atoms with Gasteiger partial charge in [0.1, 0.15) is 0 Å². The summed E-state index contributed by atoms with van der Waals surface area (Å²) in [6, 6.07) is 16.4. The Morgan fingerprint density at radius 1 is 1.27 bits per heavy atom. The van der Waals surface area contributed by atoms with Crippen LogP contribution in [0.25, 0.3) is 5.69 Å². The van der Waals surface area contributed by atoms with Gasteiger partial charge in [-0.3, -0.25) is 4.79 Å². The van der Waals surface area contributed by atoms with Crippen LogP contribution in [0.1, 0.15) is 33.2 Å². The summed E-state index contributed by atoms with van der Waals surface area (Å²) in [6.07, 6.45) is 2.68. The number of fused-ring (bicyclic) bond motifs is 1. The molecule has 1 amide bonds. The zero-order chi connectivity index (χ0) is 17.9. The Kier molecular flexibility index (Phi) is 4.50. The summed E-state index contributed by atoms with van der Waals surface area (Å²) >= 11 is 0. The first kappa shape index (κ1) is 16.5. The van der Waals surface area contributed by atoms with Gasteiger partial charge in [0, 0.05) is 12.6 Å². The molecule has 6 heteroatoms. The van der Waals surface area contributed by atoms with E-state index in [1.165, 1.54) is 11.1 Å². The quantitative estimate of drug-likeness (QED) is 0.759. The molecule has 0 aliphatic carbocycles. The number of hydrogen-bond donors (Lipinski definition) is 2. The third-order valence-corrected chi connectivity index (χ3v) is 4.67. The van der Waals surface area contributed by atoms with Gasteiger partial charge < -0.3 is 10.6 Å². The van der Waals surface area contributed by atoms with Gasteiger partial charge in [-0.15, -0.1) is 5.10 Å². The third kappa shape index (κ3) is 3.36. The second-order valence-corrected chi connectivity index (χ2v) is 6.55. The second kappa shape index (κ2) is 7.09. The SMILES string of the molecule is Cc1cccc(-n2cc(C(=O)NCC3NCCc4ccccc43)nn2)c1. The lowest BCUT2D eigenvalue weighted by Crippen LogP contribution is -2.38. The minimum atomic E-state index is -0.214. The van der Waals surface area contributed by atoms with Crippen LogP contribution in [0.5, 0.6) is 0 Å². The molecular weight excluding hydrogens is 326 g/mol. The molecule has 0 fully saturated rings. The van der Waals surface area contributed by atoms with Gasteiger partial charge in [-0.1, -0.05) is 41.6 Å². The highest BCUT2D eigenvalue weighted by atomic mass is 16.2. The summed E-state index contributed by atoms with van der Waals surface area (Å²) in [4.78, 5) is 12.5. The van der Waals surface area contributed by atoms with Crippen molar-refractivity contribution >= 4 is 5.91 Å². The monoisotopic (exact) mass is 347 g/mol. The topological polar surface area (TPSA) is 71.8 Å². The molecular formula is C20H21N5O. The van der Waals surface area contributed by atoms with Crippen LogP contribution in [-0.2, 0) is 6.42 Å². The van der Waals surface area contributed by atoms with Gasteiger partial charge in [-0.2, -0.15) is 0 Å². The van der Waals surface area contributed by atoms with Crippen LogP contribution in [0, 0.1) is 6.92 Å². The summed E-state index contributed by atoms with van der Waals surface area (Å²) in [5, 5.41) is 14.5. The summed E-state index contributed by atoms with van der Waals surface area (Å²) in [5.74, 6) is -0.214. The number of hydrogen-bond acceptors (Lipinski definition) is 4. The molecule has 2 heterocycles. The van der Waals surface area contributed by atoms with Crippen molar-refractivity contribution in [3.8, 4) is 5.69 Å². The van der Waals surface area contributed by atoms with Crippen LogP contribution in [0.2, 0.25) is 0 Å². The number of carbonyl (C=O) groups excluding carboxylic acids is 1. The first-order chi connectivity index (χ1) is 12.7. The molecule has 1 unspecified atom stereocenters. The molecule has 1 aromatic heterocycles. The second-order valence-electron chi connectivity index (χ2n) is 6.55. The Morgan fingerprint density at radius 3 is 3.04 bits per heavy atom. The fourth-order valence-electron chi connectivity index (χ4n) is 3.32. The Hall–Kier alpha value is -2.99. The van der Waals surface area contributed by atoms with E-state index < -0.39 is 0 Å². The maximum absolute atomic E-state index is 12.5. The van der Waals surface area contributed by atoms with Crippen molar-refractivity contribution in [2.75, 3.05) is 13.1 Å². The molecule has 1 atom stereocenters. The van der Waals surface area contributed by atoms with E-state index >= 15 is 0 Å². The molecule has 26 heavy (non-hydrogen) atoms. The van der Waals surface area contributed by atoms with E-state index in [0.29, 0.717) is 12.2 Å². The molecule has 4 rings (SSSR count). The number of aryl methyl sites for hydroxylation is 1. The van der Waals surface area contributed by atoms with Gasteiger partial charge in [0.25, 0.3) is 5.91 Å². The highest BCUT2D eigenvalue weighted by Gasteiger charge is 2.20. The Balaban J connectivity index is 1.44. The molecule has 0 radical (unpaired) electrons. The maximum atomic E-state index is 12.5. The number of nitrogens with zero attached hydrogens (tertiary/aromatic N) is 3. The highest BCUT2D eigenvalue weighted by molar-refractivity contribution is 5.91. The van der Waals surface area contributed by atoms with Crippen LogP contribution >= 0.6 is 0 Å². The first-order valence-electron chi connectivity index (χ1n) is 8.79. The van der Waals surface area contributed by atoms with Crippen molar-refractivity contribution in [2.45, 2.75) is 19.4 Å². The average molecular weight is 347 g/mol. The zero-order valence-corrected chi connectivity index (χ0v) is 14.6. The standard InChI is InChI=1S/C20H21N5O/c1-14-5-4-7-16(11-14)25-13-19(23-24-25)20(26)22-12-18-17-8-3-2-6-15(17)9-10-21-18/h2-8,11,13,18,21H,9-10,12H2,1H3,(H,22,26). The van der Waals surface area contributed by atoms with E-state index in [0.717, 1.165) is 24.2 Å². The minimum Gasteiger partial charge on any atom is -0.349 e. The van der Waals surface area contributed by atoms with Crippen molar-refractivity contribution < 1.29 is 4.79 Å². The lowest BCUT2D eigenvalue weighted by Gasteiger charge is -2.26. The minimum absolute atomic E-state index is 0.121. The van der Waals surface area contributed by atoms with Crippen molar-refractivity contribution in [1.29, 1.82) is 0 Å². The fraction of sp³-hybridized carbons (Fsp3) is 0.250. The van der Waals surface area contributed by atoms with Crippen molar-refractivity contribution in [1.82, 2.24) is 25.6 Å². The molecule has 0 spiro atoms. The average Bonchev–Trinajstić information content (AvgIpc) is 3.16. The zero-order valence-electron chi connectivity index (χ0n) is 14.6. The molecule has 132 valence electrons. The van der Waals surface area contributed by atoms with Gasteiger partial charge in [0.15, 0.2) is 5.69 Å². The molecule has 2 N–H and O–H groups in total. The summed E-state index contributed by atoms with van der Waals surface area (Å²) in [5.41, 5.74) is 4.93. The molecule has 6 nitrogen and oxygen atoms in total. The fourth-order valence-corrected chi connectivity index (χ4v) is 3.32. The van der Waals surface area contributed by atoms with Crippen molar-refractivity contribution in [3.63, 3.8) is 0 Å². The molecule has 0 saturated heterocycles. The largest absolute Gasteiger partial charge is 0.349 e. The molecule has 3 aromatic rings. The van der Waals surface area contributed by atoms with Crippen LogP contribution in [-0.4, -0.2) is 34.0 Å². The first-order valence-corrected chi connectivity index (χ1v) is 8.79. The van der Waals surface area contributed by atoms with E-state index in [2.05, 4.69) is 39.1 Å². The normalized spacial score (nSPS) is 16.1. The number of rotatable bonds is 4. The van der Waals surface area contributed by atoms with E-state index in [-0.39, 0.29) is 11.9 Å². The number of aromatic nitrogens is 3. The summed E-state index contributed by atoms with van der Waals surface area (Å²) < 4.78 is 1.62. The van der Waals surface area contributed by atoms with Crippen LogP contribution in [0.4, 0.5) is 0 Å². The van der Waals surface area contributed by atoms with E-state index in [1.807, 2.05) is 37.3 Å². The number of carbonyl (C=O) groups is 1. The smallest absolute Gasteiger partial charge is 0.273 e. The molecule has 2 aromatic carbocycles.